The van der Waals surface area contributed by atoms with E-state index in [1.807, 2.05) is 0 Å². The normalized spacial score (nSPS) is 4.17. The second kappa shape index (κ2) is 9.04. The van der Waals surface area contributed by atoms with E-state index in [9.17, 15) is 4.79 Å². The van der Waals surface area contributed by atoms with Crippen LogP contribution in [-0.4, -0.2) is 5.12 Å². The Hall–Kier alpha value is 0.396. The molecule has 0 aliphatic heterocycles. The molecular formula is C3H6CoOS. The minimum atomic E-state index is -0.250. The zero-order valence-electron chi connectivity index (χ0n) is 3.65. The predicted molar refractivity (Wildman–Crippen MR) is 24.5 cm³/mol. The number of rotatable bonds is 0. The van der Waals surface area contributed by atoms with Crippen LogP contribution in [0.25, 0.3) is 0 Å². The van der Waals surface area contributed by atoms with Gasteiger partial charge in [-0.25, -0.2) is 0 Å². The van der Waals surface area contributed by atoms with Gasteiger partial charge in [0, 0.05) is 5.12 Å². The molecule has 0 spiro atoms. The summed E-state index contributed by atoms with van der Waals surface area (Å²) in [5.74, 6) is 0. The van der Waals surface area contributed by atoms with Crippen molar-refractivity contribution in [3.63, 3.8) is 0 Å². The summed E-state index contributed by atoms with van der Waals surface area (Å²) in [4.78, 5) is 9.26. The van der Waals surface area contributed by atoms with Crippen molar-refractivity contribution in [1.82, 2.24) is 0 Å². The first kappa shape index (κ1) is 16.1. The van der Waals surface area contributed by atoms with Gasteiger partial charge in [0.25, 0.3) is 0 Å². The summed E-state index contributed by atoms with van der Waals surface area (Å²) < 4.78 is 0. The van der Waals surface area contributed by atoms with E-state index in [1.165, 1.54) is 6.92 Å². The Bertz CT molecular complexity index is 33.8. The summed E-state index contributed by atoms with van der Waals surface area (Å²) >= 11 is 3.98. The molecule has 0 amide bonds. The summed E-state index contributed by atoms with van der Waals surface area (Å²) in [6.45, 7) is 1.34. The van der Waals surface area contributed by atoms with E-state index in [0.29, 0.717) is 0 Å². The molecule has 0 atom stereocenters. The molecule has 0 aliphatic carbocycles. The SMILES string of the molecule is CC(=O)[S-].[CH3-].[Co+2]. The van der Waals surface area contributed by atoms with Crippen LogP contribution >= 0.6 is 0 Å². The number of hydrogen-bond acceptors (Lipinski definition) is 2. The van der Waals surface area contributed by atoms with Crippen molar-refractivity contribution in [1.29, 1.82) is 0 Å². The molecule has 0 fully saturated rings. The van der Waals surface area contributed by atoms with E-state index in [0.717, 1.165) is 0 Å². The molecule has 6 heavy (non-hydrogen) atoms. The van der Waals surface area contributed by atoms with Crippen LogP contribution in [-0.2, 0) is 34.2 Å². The van der Waals surface area contributed by atoms with Gasteiger partial charge < -0.3 is 24.8 Å². The van der Waals surface area contributed by atoms with Gasteiger partial charge in [-0.05, 0) is 6.92 Å². The Morgan fingerprint density at radius 2 is 1.67 bits per heavy atom. The predicted octanol–water partition coefficient (Wildman–Crippen LogP) is 0.528. The number of carbonyl (C=O) groups is 1. The summed E-state index contributed by atoms with van der Waals surface area (Å²) in [7, 11) is 0. The van der Waals surface area contributed by atoms with Crippen LogP contribution in [0, 0.1) is 7.43 Å². The third-order valence-electron chi connectivity index (χ3n) is 0. The molecule has 1 nitrogen and oxygen atoms in total. The van der Waals surface area contributed by atoms with Crippen LogP contribution in [0.5, 0.6) is 0 Å². The zero-order chi connectivity index (χ0) is 3.58. The van der Waals surface area contributed by atoms with Gasteiger partial charge in [0.2, 0.25) is 0 Å². The minimum Gasteiger partial charge on any atom is -0.742 e. The molecule has 0 aromatic heterocycles. The Labute approximate surface area is 54.1 Å². The van der Waals surface area contributed by atoms with Crippen molar-refractivity contribution < 1.29 is 21.6 Å². The van der Waals surface area contributed by atoms with Crippen LogP contribution in [0.3, 0.4) is 0 Å². The van der Waals surface area contributed by atoms with E-state index < -0.39 is 0 Å². The molecule has 0 heterocycles. The molecule has 0 bridgehead atoms. The molecule has 0 saturated carbocycles. The molecule has 0 aromatic rings. The second-order valence-corrected chi connectivity index (χ2v) is 1.07. The molecule has 0 aromatic carbocycles. The molecule has 0 aliphatic rings. The van der Waals surface area contributed by atoms with E-state index in [2.05, 4.69) is 12.6 Å². The third-order valence-corrected chi connectivity index (χ3v) is 0. The van der Waals surface area contributed by atoms with Gasteiger partial charge in [-0.15, -0.1) is 0 Å². The molecule has 0 unspecified atom stereocenters. The number of carbonyl (C=O) groups excluding carboxylic acids is 1. The first-order valence-corrected chi connectivity index (χ1v) is 1.32. The van der Waals surface area contributed by atoms with Gasteiger partial charge in [-0.3, -0.25) is 0 Å². The number of hydrogen-bond donors (Lipinski definition) is 0. The van der Waals surface area contributed by atoms with E-state index >= 15 is 0 Å². The van der Waals surface area contributed by atoms with Gasteiger partial charge in [0.15, 0.2) is 0 Å². The van der Waals surface area contributed by atoms with Gasteiger partial charge in [-0.1, -0.05) is 0 Å². The average Bonchev–Trinajstić information content (AvgIpc) is 0.811. The Morgan fingerprint density at radius 3 is 1.67 bits per heavy atom. The first-order valence-electron chi connectivity index (χ1n) is 0.908. The first-order chi connectivity index (χ1) is 1.73. The van der Waals surface area contributed by atoms with Gasteiger partial charge in [-0.2, -0.15) is 0 Å². The topological polar surface area (TPSA) is 17.1 Å². The van der Waals surface area contributed by atoms with Crippen molar-refractivity contribution >= 4 is 17.7 Å². The monoisotopic (exact) mass is 149 g/mol. The van der Waals surface area contributed by atoms with Crippen LogP contribution in [0.1, 0.15) is 6.92 Å². The standard InChI is InChI=1S/C2H4OS.CH3.Co/c1-2(3)4;;/h1H3,(H,3,4);1H3;/q;-1;+2/p-1. The van der Waals surface area contributed by atoms with Crippen molar-refractivity contribution in [2.75, 3.05) is 0 Å². The molecule has 1 radical (unpaired) electrons. The maximum absolute atomic E-state index is 9.26. The van der Waals surface area contributed by atoms with Crippen molar-refractivity contribution in [2.24, 2.45) is 0 Å². The molecule has 0 rings (SSSR count). The summed E-state index contributed by atoms with van der Waals surface area (Å²) in [5, 5.41) is -0.250. The molecule has 0 saturated heterocycles. The smallest absolute Gasteiger partial charge is 0.742 e. The molecule has 39 valence electrons. The summed E-state index contributed by atoms with van der Waals surface area (Å²) in [5.41, 5.74) is 0. The third kappa shape index (κ3) is 323. The Kier molecular flexibility index (Phi) is 24.3. The van der Waals surface area contributed by atoms with Crippen LogP contribution in [0.4, 0.5) is 0 Å². The molecular weight excluding hydrogens is 143 g/mol. The van der Waals surface area contributed by atoms with Crippen LogP contribution in [0.2, 0.25) is 0 Å². The van der Waals surface area contributed by atoms with E-state index in [-0.39, 0.29) is 29.3 Å². The van der Waals surface area contributed by atoms with Crippen LogP contribution < -0.4 is 0 Å². The zero-order valence-corrected chi connectivity index (χ0v) is 5.51. The fraction of sp³-hybridized carbons (Fsp3) is 0.333. The van der Waals surface area contributed by atoms with Crippen molar-refractivity contribution in [3.8, 4) is 0 Å². The van der Waals surface area contributed by atoms with Gasteiger partial charge >= 0.3 is 16.8 Å². The maximum Gasteiger partial charge on any atom is 2.00 e. The quantitative estimate of drug-likeness (QED) is 0.369. The van der Waals surface area contributed by atoms with Gasteiger partial charge in [0.1, 0.15) is 0 Å². The summed E-state index contributed by atoms with van der Waals surface area (Å²) in [6.07, 6.45) is 0. The molecule has 0 N–H and O–H groups in total. The maximum atomic E-state index is 9.26. The van der Waals surface area contributed by atoms with Gasteiger partial charge in [0.05, 0.1) is 0 Å². The summed E-state index contributed by atoms with van der Waals surface area (Å²) in [6, 6.07) is 0. The fourth-order valence-electron chi connectivity index (χ4n) is 0. The second-order valence-electron chi connectivity index (χ2n) is 0.492. The Balaban J connectivity index is -0.0000000450. The van der Waals surface area contributed by atoms with E-state index in [4.69, 9.17) is 0 Å². The van der Waals surface area contributed by atoms with Crippen molar-refractivity contribution in [3.05, 3.63) is 7.43 Å². The van der Waals surface area contributed by atoms with Crippen molar-refractivity contribution in [2.45, 2.75) is 6.92 Å². The molecule has 3 heteroatoms. The largest absolute Gasteiger partial charge is 2.00 e. The fourth-order valence-corrected chi connectivity index (χ4v) is 0. The average molecular weight is 149 g/mol. The minimum absolute atomic E-state index is 0. The van der Waals surface area contributed by atoms with E-state index in [1.54, 1.807) is 0 Å². The van der Waals surface area contributed by atoms with Crippen LogP contribution in [0.15, 0.2) is 0 Å². The Morgan fingerprint density at radius 1 is 1.67 bits per heavy atom.